The van der Waals surface area contributed by atoms with E-state index < -0.39 is 0 Å². The zero-order valence-corrected chi connectivity index (χ0v) is 16.6. The maximum absolute atomic E-state index is 12.6. The molecule has 0 fully saturated rings. The summed E-state index contributed by atoms with van der Waals surface area (Å²) in [5.41, 5.74) is 2.27. The number of nitrogens with one attached hydrogen (secondary N) is 1. The van der Waals surface area contributed by atoms with Gasteiger partial charge in [0.15, 0.2) is 5.82 Å². The first-order valence-electron chi connectivity index (χ1n) is 7.91. The molecule has 1 heterocycles. The third-order valence-corrected chi connectivity index (χ3v) is 4.94. The van der Waals surface area contributed by atoms with Gasteiger partial charge in [-0.2, -0.15) is 5.10 Å². The Balaban J connectivity index is 1.80. The largest absolute Gasteiger partial charge is 0.496 e. The summed E-state index contributed by atoms with van der Waals surface area (Å²) in [6, 6.07) is 12.9. The summed E-state index contributed by atoms with van der Waals surface area (Å²) in [5, 5.41) is 7.94. The van der Waals surface area contributed by atoms with Gasteiger partial charge in [-0.15, -0.1) is 0 Å². The Labute approximate surface area is 165 Å². The molecule has 0 atom stereocenters. The number of carbonyl (C=O) groups is 1. The summed E-state index contributed by atoms with van der Waals surface area (Å²) in [5.74, 6) is 0.871. The molecule has 0 saturated heterocycles. The molecule has 7 heteroatoms. The van der Waals surface area contributed by atoms with E-state index >= 15 is 0 Å². The number of ether oxygens (including phenoxy) is 1. The normalized spacial score (nSPS) is 10.6. The smallest absolute Gasteiger partial charge is 0.257 e. The van der Waals surface area contributed by atoms with Crippen LogP contribution in [0, 0.1) is 6.92 Å². The van der Waals surface area contributed by atoms with Crippen LogP contribution in [0.25, 0.3) is 0 Å². The number of hydrogen-bond donors (Lipinski definition) is 1. The number of methoxy groups -OCH3 is 1. The van der Waals surface area contributed by atoms with E-state index in [1.807, 2.05) is 37.3 Å². The number of nitrogens with zero attached hydrogens (tertiary/aromatic N) is 2. The van der Waals surface area contributed by atoms with Crippen molar-refractivity contribution in [2.75, 3.05) is 12.4 Å². The second kappa shape index (κ2) is 7.93. The Kier molecular flexibility index (Phi) is 5.64. The average Bonchev–Trinajstić information content (AvgIpc) is 2.96. The number of anilines is 1. The number of halogens is 2. The molecule has 0 unspecified atom stereocenters. The van der Waals surface area contributed by atoms with Crippen molar-refractivity contribution in [3.8, 4) is 5.75 Å². The van der Waals surface area contributed by atoms with Crippen LogP contribution in [0.4, 0.5) is 5.82 Å². The number of aromatic nitrogens is 2. The monoisotopic (exact) mass is 433 g/mol. The van der Waals surface area contributed by atoms with E-state index in [2.05, 4.69) is 26.3 Å². The fourth-order valence-corrected chi connectivity index (χ4v) is 3.23. The molecule has 5 nitrogen and oxygen atoms in total. The van der Waals surface area contributed by atoms with Crippen LogP contribution < -0.4 is 10.1 Å². The van der Waals surface area contributed by atoms with Crippen molar-refractivity contribution < 1.29 is 9.53 Å². The molecule has 0 radical (unpaired) electrons. The Morgan fingerprint density at radius 2 is 2.04 bits per heavy atom. The van der Waals surface area contributed by atoms with Gasteiger partial charge in [0.25, 0.3) is 5.91 Å². The van der Waals surface area contributed by atoms with Crippen LogP contribution in [0.2, 0.25) is 5.02 Å². The fraction of sp³-hybridized carbons (Fsp3) is 0.158. The van der Waals surface area contributed by atoms with Gasteiger partial charge in [-0.1, -0.05) is 35.9 Å². The van der Waals surface area contributed by atoms with E-state index in [0.29, 0.717) is 33.2 Å². The maximum Gasteiger partial charge on any atom is 0.257 e. The van der Waals surface area contributed by atoms with Crippen molar-refractivity contribution in [1.29, 1.82) is 0 Å². The highest BCUT2D eigenvalue weighted by molar-refractivity contribution is 9.10. The van der Waals surface area contributed by atoms with Crippen LogP contribution in [0.15, 0.2) is 53.1 Å². The predicted octanol–water partition coefficient (Wildman–Crippen LogP) is 4.92. The minimum Gasteiger partial charge on any atom is -0.496 e. The molecule has 0 aliphatic heterocycles. The minimum atomic E-state index is -0.245. The highest BCUT2D eigenvalue weighted by atomic mass is 79.9. The van der Waals surface area contributed by atoms with Crippen LogP contribution in [0.1, 0.15) is 21.5 Å². The number of benzene rings is 2. The fourth-order valence-electron chi connectivity index (χ4n) is 2.62. The number of amides is 1. The van der Waals surface area contributed by atoms with Crippen LogP contribution in [-0.2, 0) is 6.54 Å². The number of hydrogen-bond acceptors (Lipinski definition) is 3. The maximum atomic E-state index is 12.6. The van der Waals surface area contributed by atoms with E-state index in [1.165, 1.54) is 0 Å². The Morgan fingerprint density at radius 3 is 2.77 bits per heavy atom. The zero-order chi connectivity index (χ0) is 18.7. The second-order valence-electron chi connectivity index (χ2n) is 5.70. The van der Waals surface area contributed by atoms with E-state index in [0.717, 1.165) is 11.1 Å². The molecule has 1 amide bonds. The molecule has 0 aliphatic rings. The van der Waals surface area contributed by atoms with Crippen LogP contribution in [-0.4, -0.2) is 22.8 Å². The van der Waals surface area contributed by atoms with Crippen molar-refractivity contribution >= 4 is 39.3 Å². The number of carbonyl (C=O) groups excluding carboxylic acids is 1. The topological polar surface area (TPSA) is 56.1 Å². The van der Waals surface area contributed by atoms with Gasteiger partial charge in [0.2, 0.25) is 0 Å². The summed E-state index contributed by atoms with van der Waals surface area (Å²) in [7, 11) is 1.58. The molecule has 0 saturated carbocycles. The van der Waals surface area contributed by atoms with Crippen LogP contribution >= 0.6 is 27.5 Å². The molecule has 1 N–H and O–H groups in total. The van der Waals surface area contributed by atoms with Crippen molar-refractivity contribution in [3.63, 3.8) is 0 Å². The van der Waals surface area contributed by atoms with E-state index in [-0.39, 0.29) is 5.91 Å². The molecular weight excluding hydrogens is 418 g/mol. The summed E-state index contributed by atoms with van der Waals surface area (Å²) in [6.45, 7) is 2.35. The predicted molar refractivity (Wildman–Crippen MR) is 106 cm³/mol. The van der Waals surface area contributed by atoms with E-state index in [1.54, 1.807) is 30.1 Å². The lowest BCUT2D eigenvalue weighted by atomic mass is 10.1. The lowest BCUT2D eigenvalue weighted by molar-refractivity contribution is 0.102. The first kappa shape index (κ1) is 18.5. The first-order valence-corrected chi connectivity index (χ1v) is 9.08. The highest BCUT2D eigenvalue weighted by Crippen LogP contribution is 2.25. The van der Waals surface area contributed by atoms with Gasteiger partial charge in [-0.25, -0.2) is 0 Å². The van der Waals surface area contributed by atoms with Crippen LogP contribution in [0.5, 0.6) is 5.75 Å². The average molecular weight is 435 g/mol. The molecule has 2 aromatic carbocycles. The SMILES string of the molecule is COc1cccc(C(=O)Nc2nn(Cc3ccccc3Cl)cc2Br)c1C. The van der Waals surface area contributed by atoms with Gasteiger partial charge in [-0.3, -0.25) is 9.48 Å². The molecule has 0 aliphatic carbocycles. The summed E-state index contributed by atoms with van der Waals surface area (Å²) in [4.78, 5) is 12.6. The minimum absolute atomic E-state index is 0.245. The lowest BCUT2D eigenvalue weighted by Gasteiger charge is -2.10. The van der Waals surface area contributed by atoms with Crippen molar-refractivity contribution in [1.82, 2.24) is 9.78 Å². The zero-order valence-electron chi connectivity index (χ0n) is 14.3. The Morgan fingerprint density at radius 1 is 1.27 bits per heavy atom. The van der Waals surface area contributed by atoms with Gasteiger partial charge >= 0.3 is 0 Å². The Bertz CT molecular complexity index is 956. The van der Waals surface area contributed by atoms with Crippen molar-refractivity contribution in [3.05, 3.63) is 74.8 Å². The molecule has 0 spiro atoms. The van der Waals surface area contributed by atoms with Gasteiger partial charge in [0.1, 0.15) is 5.75 Å². The summed E-state index contributed by atoms with van der Waals surface area (Å²) >= 11 is 9.64. The number of rotatable bonds is 5. The summed E-state index contributed by atoms with van der Waals surface area (Å²) < 4.78 is 7.68. The molecular formula is C19H17BrClN3O2. The van der Waals surface area contributed by atoms with E-state index in [9.17, 15) is 4.79 Å². The van der Waals surface area contributed by atoms with E-state index in [4.69, 9.17) is 16.3 Å². The van der Waals surface area contributed by atoms with Gasteiger partial charge in [-0.05, 0) is 46.6 Å². The highest BCUT2D eigenvalue weighted by Gasteiger charge is 2.16. The standard InChI is InChI=1S/C19H17BrClN3O2/c1-12-14(7-5-9-17(12)26-2)19(25)22-18-15(20)11-24(23-18)10-13-6-3-4-8-16(13)21/h3-9,11H,10H2,1-2H3,(H,22,23,25). The lowest BCUT2D eigenvalue weighted by Crippen LogP contribution is -2.15. The molecule has 26 heavy (non-hydrogen) atoms. The Hall–Kier alpha value is -2.31. The first-order chi connectivity index (χ1) is 12.5. The second-order valence-corrected chi connectivity index (χ2v) is 6.96. The van der Waals surface area contributed by atoms with Crippen molar-refractivity contribution in [2.24, 2.45) is 0 Å². The van der Waals surface area contributed by atoms with Crippen LogP contribution in [0.3, 0.4) is 0 Å². The quantitative estimate of drug-likeness (QED) is 0.620. The van der Waals surface area contributed by atoms with Crippen molar-refractivity contribution in [2.45, 2.75) is 13.5 Å². The van der Waals surface area contributed by atoms with Gasteiger partial charge in [0.05, 0.1) is 18.1 Å². The summed E-state index contributed by atoms with van der Waals surface area (Å²) in [6.07, 6.45) is 1.80. The molecule has 3 aromatic rings. The van der Waals surface area contributed by atoms with Gasteiger partial charge in [0, 0.05) is 22.3 Å². The van der Waals surface area contributed by atoms with Gasteiger partial charge < -0.3 is 10.1 Å². The molecule has 1 aromatic heterocycles. The molecule has 3 rings (SSSR count). The third kappa shape index (κ3) is 3.92. The molecule has 134 valence electrons. The molecule has 0 bridgehead atoms. The third-order valence-electron chi connectivity index (χ3n) is 3.99.